The number of benzene rings is 2. The Bertz CT molecular complexity index is 561. The number of rotatable bonds is 3. The highest BCUT2D eigenvalue weighted by Gasteiger charge is 2.00. The minimum absolute atomic E-state index is 0.878. The van der Waals surface area contributed by atoms with E-state index in [4.69, 9.17) is 0 Å². The van der Waals surface area contributed by atoms with Crippen LogP contribution in [0.3, 0.4) is 0 Å². The maximum absolute atomic E-state index is 3.50. The van der Waals surface area contributed by atoms with Crippen LogP contribution in [0.15, 0.2) is 36.4 Å². The zero-order chi connectivity index (χ0) is 13.1. The molecule has 2 heteroatoms. The fraction of sp³-hybridized carbons (Fsp3) is 0.250. The molecule has 0 unspecified atom stereocenters. The maximum Gasteiger partial charge on any atom is 0.0400 e. The average molecular weight is 351 g/mol. The Morgan fingerprint density at radius 3 is 2.33 bits per heavy atom. The number of halogens is 1. The van der Waals surface area contributed by atoms with Crippen molar-refractivity contribution in [3.05, 3.63) is 62.2 Å². The van der Waals surface area contributed by atoms with Gasteiger partial charge in [0.2, 0.25) is 0 Å². The lowest BCUT2D eigenvalue weighted by Gasteiger charge is -2.11. The van der Waals surface area contributed by atoms with E-state index < -0.39 is 0 Å². The SMILES string of the molecule is Cc1ccc(CNc2ccc(I)cc2C)cc1C. The first-order valence-electron chi connectivity index (χ1n) is 6.12. The summed E-state index contributed by atoms with van der Waals surface area (Å²) in [5.41, 5.74) is 6.55. The summed E-state index contributed by atoms with van der Waals surface area (Å²) in [6, 6.07) is 13.1. The van der Waals surface area contributed by atoms with Gasteiger partial charge in [-0.25, -0.2) is 0 Å². The van der Waals surface area contributed by atoms with E-state index in [9.17, 15) is 0 Å². The number of aryl methyl sites for hydroxylation is 3. The zero-order valence-corrected chi connectivity index (χ0v) is 13.2. The first-order chi connectivity index (χ1) is 8.56. The van der Waals surface area contributed by atoms with Gasteiger partial charge in [-0.2, -0.15) is 0 Å². The van der Waals surface area contributed by atoms with Crippen molar-refractivity contribution in [1.29, 1.82) is 0 Å². The molecule has 0 bridgehead atoms. The third-order valence-corrected chi connectivity index (χ3v) is 3.91. The van der Waals surface area contributed by atoms with Crippen molar-refractivity contribution in [3.8, 4) is 0 Å². The van der Waals surface area contributed by atoms with Crippen molar-refractivity contribution in [2.45, 2.75) is 27.3 Å². The Kier molecular flexibility index (Phi) is 4.27. The minimum atomic E-state index is 0.878. The highest BCUT2D eigenvalue weighted by atomic mass is 127. The molecule has 0 aliphatic heterocycles. The lowest BCUT2D eigenvalue weighted by Crippen LogP contribution is -2.01. The molecule has 1 nitrogen and oxygen atoms in total. The van der Waals surface area contributed by atoms with Crippen molar-refractivity contribution in [1.82, 2.24) is 0 Å². The van der Waals surface area contributed by atoms with Crippen molar-refractivity contribution in [2.24, 2.45) is 0 Å². The van der Waals surface area contributed by atoms with Crippen LogP contribution >= 0.6 is 22.6 Å². The molecule has 0 saturated carbocycles. The van der Waals surface area contributed by atoms with E-state index in [1.807, 2.05) is 0 Å². The van der Waals surface area contributed by atoms with Gasteiger partial charge in [0, 0.05) is 15.8 Å². The first kappa shape index (κ1) is 13.4. The van der Waals surface area contributed by atoms with Crippen LogP contribution in [-0.2, 0) is 6.54 Å². The van der Waals surface area contributed by atoms with Gasteiger partial charge in [0.1, 0.15) is 0 Å². The van der Waals surface area contributed by atoms with Gasteiger partial charge in [-0.15, -0.1) is 0 Å². The quantitative estimate of drug-likeness (QED) is 0.781. The van der Waals surface area contributed by atoms with Crippen LogP contribution in [0.1, 0.15) is 22.3 Å². The highest BCUT2D eigenvalue weighted by molar-refractivity contribution is 14.1. The lowest BCUT2D eigenvalue weighted by molar-refractivity contribution is 1.12. The van der Waals surface area contributed by atoms with Gasteiger partial charge in [0.05, 0.1) is 0 Å². The molecule has 0 saturated heterocycles. The van der Waals surface area contributed by atoms with E-state index in [0.717, 1.165) is 6.54 Å². The minimum Gasteiger partial charge on any atom is -0.381 e. The number of anilines is 1. The van der Waals surface area contributed by atoms with E-state index >= 15 is 0 Å². The molecule has 0 aromatic heterocycles. The molecule has 0 fully saturated rings. The summed E-state index contributed by atoms with van der Waals surface area (Å²) in [6.45, 7) is 7.33. The fourth-order valence-electron chi connectivity index (χ4n) is 1.94. The van der Waals surface area contributed by atoms with Crippen LogP contribution in [0, 0.1) is 24.3 Å². The molecule has 18 heavy (non-hydrogen) atoms. The molecule has 0 radical (unpaired) electrons. The molecule has 0 heterocycles. The Labute approximate surface area is 123 Å². The van der Waals surface area contributed by atoms with Crippen LogP contribution in [0.2, 0.25) is 0 Å². The van der Waals surface area contributed by atoms with Gasteiger partial charge >= 0.3 is 0 Å². The molecule has 1 N–H and O–H groups in total. The first-order valence-corrected chi connectivity index (χ1v) is 7.20. The molecule has 2 rings (SSSR count). The topological polar surface area (TPSA) is 12.0 Å². The molecule has 0 aliphatic rings. The van der Waals surface area contributed by atoms with E-state index in [1.54, 1.807) is 0 Å². The van der Waals surface area contributed by atoms with Crippen LogP contribution < -0.4 is 5.32 Å². The van der Waals surface area contributed by atoms with Crippen molar-refractivity contribution in [3.63, 3.8) is 0 Å². The summed E-state index contributed by atoms with van der Waals surface area (Å²) in [7, 11) is 0. The van der Waals surface area contributed by atoms with Crippen molar-refractivity contribution < 1.29 is 0 Å². The summed E-state index contributed by atoms with van der Waals surface area (Å²) in [6.07, 6.45) is 0. The van der Waals surface area contributed by atoms with E-state index in [1.165, 1.54) is 31.5 Å². The fourth-order valence-corrected chi connectivity index (χ4v) is 2.58. The van der Waals surface area contributed by atoms with Crippen LogP contribution in [0.4, 0.5) is 5.69 Å². The van der Waals surface area contributed by atoms with Gasteiger partial charge in [-0.05, 0) is 83.8 Å². The van der Waals surface area contributed by atoms with Crippen molar-refractivity contribution >= 4 is 28.3 Å². The molecule has 0 atom stereocenters. The van der Waals surface area contributed by atoms with E-state index in [2.05, 4.69) is 85.1 Å². The maximum atomic E-state index is 3.50. The summed E-state index contributed by atoms with van der Waals surface area (Å²) in [5.74, 6) is 0. The summed E-state index contributed by atoms with van der Waals surface area (Å²) in [5, 5.41) is 3.50. The lowest BCUT2D eigenvalue weighted by atomic mass is 10.1. The molecule has 2 aromatic carbocycles. The second-order valence-corrected chi connectivity index (χ2v) is 5.98. The molecule has 94 valence electrons. The Balaban J connectivity index is 2.09. The standard InChI is InChI=1S/C16H18IN/c1-11-4-5-14(8-12(11)2)10-18-16-7-6-15(17)9-13(16)3/h4-9,18H,10H2,1-3H3. The molecule has 0 aliphatic carbocycles. The molecule has 0 amide bonds. The Morgan fingerprint density at radius 1 is 0.889 bits per heavy atom. The van der Waals surface area contributed by atoms with Gasteiger partial charge in [-0.3, -0.25) is 0 Å². The summed E-state index contributed by atoms with van der Waals surface area (Å²) in [4.78, 5) is 0. The largest absolute Gasteiger partial charge is 0.381 e. The summed E-state index contributed by atoms with van der Waals surface area (Å²) < 4.78 is 1.28. The van der Waals surface area contributed by atoms with E-state index in [-0.39, 0.29) is 0 Å². The Hall–Kier alpha value is -1.03. The normalized spacial score (nSPS) is 10.4. The Morgan fingerprint density at radius 2 is 1.67 bits per heavy atom. The van der Waals surface area contributed by atoms with Gasteiger partial charge in [-0.1, -0.05) is 18.2 Å². The average Bonchev–Trinajstić information content (AvgIpc) is 2.32. The number of hydrogen-bond acceptors (Lipinski definition) is 1. The second-order valence-electron chi connectivity index (χ2n) is 4.73. The molecular formula is C16H18IN. The monoisotopic (exact) mass is 351 g/mol. The predicted molar refractivity (Wildman–Crippen MR) is 87.1 cm³/mol. The molecule has 2 aromatic rings. The van der Waals surface area contributed by atoms with Gasteiger partial charge in [0.25, 0.3) is 0 Å². The van der Waals surface area contributed by atoms with Crippen LogP contribution in [-0.4, -0.2) is 0 Å². The third-order valence-electron chi connectivity index (χ3n) is 3.24. The smallest absolute Gasteiger partial charge is 0.0400 e. The van der Waals surface area contributed by atoms with Crippen molar-refractivity contribution in [2.75, 3.05) is 5.32 Å². The zero-order valence-electron chi connectivity index (χ0n) is 11.0. The van der Waals surface area contributed by atoms with Crippen LogP contribution in [0.25, 0.3) is 0 Å². The van der Waals surface area contributed by atoms with Gasteiger partial charge < -0.3 is 5.32 Å². The number of hydrogen-bond donors (Lipinski definition) is 1. The van der Waals surface area contributed by atoms with Crippen LogP contribution in [0.5, 0.6) is 0 Å². The highest BCUT2D eigenvalue weighted by Crippen LogP contribution is 2.19. The van der Waals surface area contributed by atoms with E-state index in [0.29, 0.717) is 0 Å². The summed E-state index contributed by atoms with van der Waals surface area (Å²) >= 11 is 2.34. The van der Waals surface area contributed by atoms with Gasteiger partial charge in [0.15, 0.2) is 0 Å². The second kappa shape index (κ2) is 5.74. The number of nitrogens with one attached hydrogen (secondary N) is 1. The molecule has 0 spiro atoms. The molecular weight excluding hydrogens is 333 g/mol. The third kappa shape index (κ3) is 3.25. The predicted octanol–water partition coefficient (Wildman–Crippen LogP) is 4.83.